The number of aryl methyl sites for hydroxylation is 1. The molecular formula is C10H16N2. The largest absolute Gasteiger partial charge is 0.385 e. The van der Waals surface area contributed by atoms with Gasteiger partial charge in [-0.3, -0.25) is 0 Å². The topological polar surface area (TPSA) is 30.9 Å². The second-order valence-corrected chi connectivity index (χ2v) is 3.11. The van der Waals surface area contributed by atoms with Gasteiger partial charge in [0.25, 0.3) is 0 Å². The monoisotopic (exact) mass is 164 g/mol. The molecule has 2 N–H and O–H groups in total. The average molecular weight is 164 g/mol. The minimum atomic E-state index is 0.795. The molecule has 0 radical (unpaired) electrons. The Morgan fingerprint density at radius 1 is 1.42 bits per heavy atom. The van der Waals surface area contributed by atoms with E-state index in [-0.39, 0.29) is 0 Å². The molecule has 1 rings (SSSR count). The van der Waals surface area contributed by atoms with Crippen molar-refractivity contribution in [1.29, 1.82) is 0 Å². The van der Waals surface area contributed by atoms with Crippen molar-refractivity contribution >= 4 is 5.82 Å². The summed E-state index contributed by atoms with van der Waals surface area (Å²) in [6.45, 7) is 8.24. The number of nitrogens with zero attached hydrogens (tertiary/aromatic N) is 1. The van der Waals surface area contributed by atoms with Gasteiger partial charge in [-0.2, -0.15) is 0 Å². The molecule has 0 saturated heterocycles. The van der Waals surface area contributed by atoms with E-state index in [1.165, 1.54) is 16.8 Å². The molecule has 0 spiro atoms. The molecule has 1 heterocycles. The molecule has 0 atom stereocenters. The highest BCUT2D eigenvalue weighted by Gasteiger charge is 2.05. The fourth-order valence-electron chi connectivity index (χ4n) is 1.26. The first-order chi connectivity index (χ1) is 5.57. The van der Waals surface area contributed by atoms with Crippen LogP contribution in [0.15, 0.2) is 12.3 Å². The van der Waals surface area contributed by atoms with E-state index in [4.69, 9.17) is 5.73 Å². The number of hydrogen-bond acceptors (Lipinski definition) is 1. The van der Waals surface area contributed by atoms with Gasteiger partial charge in [-0.25, -0.2) is 0 Å². The van der Waals surface area contributed by atoms with Crippen molar-refractivity contribution in [3.05, 3.63) is 29.1 Å². The number of rotatable bonds is 1. The van der Waals surface area contributed by atoms with E-state index in [9.17, 15) is 0 Å². The first-order valence-corrected chi connectivity index (χ1v) is 4.15. The third-order valence-electron chi connectivity index (χ3n) is 2.39. The van der Waals surface area contributed by atoms with Gasteiger partial charge in [0.1, 0.15) is 5.82 Å². The summed E-state index contributed by atoms with van der Waals surface area (Å²) in [6, 6.07) is 0. The SMILES string of the molecule is CC=C(N)n1cc(C)c(C)c1C. The van der Waals surface area contributed by atoms with Crippen LogP contribution in [-0.4, -0.2) is 4.57 Å². The lowest BCUT2D eigenvalue weighted by Gasteiger charge is -2.04. The van der Waals surface area contributed by atoms with Gasteiger partial charge >= 0.3 is 0 Å². The maximum Gasteiger partial charge on any atom is 0.103 e. The molecule has 0 aromatic carbocycles. The highest BCUT2D eigenvalue weighted by Crippen LogP contribution is 2.16. The smallest absolute Gasteiger partial charge is 0.103 e. The molecular weight excluding hydrogens is 148 g/mol. The maximum absolute atomic E-state index is 5.80. The number of hydrogen-bond donors (Lipinski definition) is 1. The quantitative estimate of drug-likeness (QED) is 0.677. The molecule has 66 valence electrons. The van der Waals surface area contributed by atoms with Gasteiger partial charge < -0.3 is 10.3 Å². The van der Waals surface area contributed by atoms with Crippen LogP contribution in [0.25, 0.3) is 5.82 Å². The third-order valence-corrected chi connectivity index (χ3v) is 2.39. The summed E-state index contributed by atoms with van der Waals surface area (Å²) >= 11 is 0. The Balaban J connectivity index is 3.27. The predicted molar refractivity (Wildman–Crippen MR) is 52.8 cm³/mol. The maximum atomic E-state index is 5.80. The van der Waals surface area contributed by atoms with Crippen molar-refractivity contribution in [2.45, 2.75) is 27.7 Å². The first-order valence-electron chi connectivity index (χ1n) is 4.15. The van der Waals surface area contributed by atoms with Gasteiger partial charge in [0.05, 0.1) is 0 Å². The number of allylic oxidation sites excluding steroid dienone is 1. The molecule has 1 aromatic rings. The Hall–Kier alpha value is -1.18. The van der Waals surface area contributed by atoms with Crippen LogP contribution in [-0.2, 0) is 0 Å². The zero-order chi connectivity index (χ0) is 9.30. The minimum absolute atomic E-state index is 0.795. The summed E-state index contributed by atoms with van der Waals surface area (Å²) in [5, 5.41) is 0. The van der Waals surface area contributed by atoms with E-state index in [2.05, 4.69) is 27.0 Å². The molecule has 1 aromatic heterocycles. The van der Waals surface area contributed by atoms with Crippen LogP contribution in [0.3, 0.4) is 0 Å². The van der Waals surface area contributed by atoms with Crippen molar-refractivity contribution < 1.29 is 0 Å². The van der Waals surface area contributed by atoms with Crippen LogP contribution in [0.4, 0.5) is 0 Å². The summed E-state index contributed by atoms with van der Waals surface area (Å²) in [5.41, 5.74) is 9.63. The van der Waals surface area contributed by atoms with Crippen molar-refractivity contribution in [2.24, 2.45) is 5.73 Å². The van der Waals surface area contributed by atoms with Gasteiger partial charge in [0.2, 0.25) is 0 Å². The minimum Gasteiger partial charge on any atom is -0.385 e. The van der Waals surface area contributed by atoms with Gasteiger partial charge in [-0.1, -0.05) is 0 Å². The van der Waals surface area contributed by atoms with Crippen LogP contribution in [0.1, 0.15) is 23.7 Å². The van der Waals surface area contributed by atoms with Gasteiger partial charge in [0, 0.05) is 11.9 Å². The Morgan fingerprint density at radius 3 is 2.33 bits per heavy atom. The summed E-state index contributed by atoms with van der Waals surface area (Å²) in [5.74, 6) is 0.795. The van der Waals surface area contributed by atoms with E-state index >= 15 is 0 Å². The normalized spacial score (nSPS) is 12.2. The molecule has 0 aliphatic carbocycles. The highest BCUT2D eigenvalue weighted by atomic mass is 15.1. The standard InChI is InChI=1S/C10H16N2/c1-5-10(11)12-6-7(2)8(3)9(12)4/h5-6H,11H2,1-4H3. The van der Waals surface area contributed by atoms with E-state index in [0.717, 1.165) is 5.82 Å². The molecule has 0 saturated carbocycles. The van der Waals surface area contributed by atoms with Crippen LogP contribution >= 0.6 is 0 Å². The Bertz CT molecular complexity index is 319. The van der Waals surface area contributed by atoms with E-state index in [0.29, 0.717) is 0 Å². The molecule has 0 amide bonds. The fraction of sp³-hybridized carbons (Fsp3) is 0.400. The zero-order valence-corrected chi connectivity index (χ0v) is 8.18. The highest BCUT2D eigenvalue weighted by molar-refractivity contribution is 5.46. The van der Waals surface area contributed by atoms with Gasteiger partial charge in [-0.15, -0.1) is 0 Å². The van der Waals surface area contributed by atoms with Gasteiger partial charge in [-0.05, 0) is 44.9 Å². The number of aromatic nitrogens is 1. The zero-order valence-electron chi connectivity index (χ0n) is 8.18. The molecule has 0 fully saturated rings. The molecule has 2 nitrogen and oxygen atoms in total. The lowest BCUT2D eigenvalue weighted by Crippen LogP contribution is -2.06. The van der Waals surface area contributed by atoms with E-state index in [1.54, 1.807) is 0 Å². The van der Waals surface area contributed by atoms with Gasteiger partial charge in [0.15, 0.2) is 0 Å². The Kier molecular flexibility index (Phi) is 2.27. The Morgan fingerprint density at radius 2 is 2.00 bits per heavy atom. The summed E-state index contributed by atoms with van der Waals surface area (Å²) in [4.78, 5) is 0. The first kappa shape index (κ1) is 8.91. The second kappa shape index (κ2) is 3.05. The lowest BCUT2D eigenvalue weighted by molar-refractivity contribution is 1.01. The van der Waals surface area contributed by atoms with E-state index in [1.807, 2.05) is 17.6 Å². The predicted octanol–water partition coefficient (Wildman–Crippen LogP) is 2.19. The van der Waals surface area contributed by atoms with Crippen LogP contribution in [0, 0.1) is 20.8 Å². The fourth-order valence-corrected chi connectivity index (χ4v) is 1.26. The molecule has 0 unspecified atom stereocenters. The van der Waals surface area contributed by atoms with Crippen LogP contribution in [0.5, 0.6) is 0 Å². The molecule has 2 heteroatoms. The van der Waals surface area contributed by atoms with Crippen molar-refractivity contribution in [3.63, 3.8) is 0 Å². The summed E-state index contributed by atoms with van der Waals surface area (Å²) in [7, 11) is 0. The molecule has 0 aliphatic heterocycles. The average Bonchev–Trinajstić information content (AvgIpc) is 2.32. The molecule has 0 bridgehead atoms. The Labute approximate surface area is 73.7 Å². The van der Waals surface area contributed by atoms with Crippen molar-refractivity contribution in [3.8, 4) is 0 Å². The molecule has 0 aliphatic rings. The van der Waals surface area contributed by atoms with Crippen LogP contribution in [0.2, 0.25) is 0 Å². The van der Waals surface area contributed by atoms with Crippen LogP contribution < -0.4 is 5.73 Å². The molecule has 12 heavy (non-hydrogen) atoms. The second-order valence-electron chi connectivity index (χ2n) is 3.11. The van der Waals surface area contributed by atoms with Crippen molar-refractivity contribution in [2.75, 3.05) is 0 Å². The summed E-state index contributed by atoms with van der Waals surface area (Å²) < 4.78 is 2.02. The van der Waals surface area contributed by atoms with E-state index < -0.39 is 0 Å². The lowest BCUT2D eigenvalue weighted by atomic mass is 10.2. The summed E-state index contributed by atoms with van der Waals surface area (Å²) in [6.07, 6.45) is 3.98. The number of nitrogens with two attached hydrogens (primary N) is 1. The van der Waals surface area contributed by atoms with Crippen molar-refractivity contribution in [1.82, 2.24) is 4.57 Å². The third kappa shape index (κ3) is 1.24.